The summed E-state index contributed by atoms with van der Waals surface area (Å²) in [6.45, 7) is 6.82. The molecule has 1 atom stereocenters. The first-order valence-corrected chi connectivity index (χ1v) is 9.81. The number of hydrogen-bond acceptors (Lipinski definition) is 2. The Morgan fingerprint density at radius 3 is 2.39 bits per heavy atom. The van der Waals surface area contributed by atoms with Gasteiger partial charge in [0.15, 0.2) is 0 Å². The van der Waals surface area contributed by atoms with Crippen molar-refractivity contribution < 1.29 is 9.53 Å². The van der Waals surface area contributed by atoms with E-state index in [1.54, 1.807) is 0 Å². The zero-order valence-corrected chi connectivity index (χ0v) is 12.6. The topological polar surface area (TPSA) is 26.3 Å². The van der Waals surface area contributed by atoms with E-state index in [1.165, 1.54) is 12.7 Å². The smallest absolute Gasteiger partial charge is 0.305 e. The van der Waals surface area contributed by atoms with Gasteiger partial charge in [0.25, 0.3) is 0 Å². The van der Waals surface area contributed by atoms with Crippen LogP contribution in [-0.2, 0) is 9.53 Å². The maximum absolute atomic E-state index is 11.4. The lowest BCUT2D eigenvalue weighted by atomic mass is 10.2. The minimum Gasteiger partial charge on any atom is -0.469 e. The fourth-order valence-electron chi connectivity index (χ4n) is 1.72. The van der Waals surface area contributed by atoms with Gasteiger partial charge in [-0.3, -0.25) is 4.79 Å². The Morgan fingerprint density at radius 1 is 1.28 bits per heavy atom. The zero-order valence-electron chi connectivity index (χ0n) is 11.6. The highest BCUT2D eigenvalue weighted by Crippen LogP contribution is 2.28. The third-order valence-corrected chi connectivity index (χ3v) is 5.67. The van der Waals surface area contributed by atoms with E-state index in [1.807, 2.05) is 18.2 Å². The molecular formula is C15H22O2Si. The molecule has 0 saturated heterocycles. The molecule has 1 aromatic carbocycles. The lowest BCUT2D eigenvalue weighted by molar-refractivity contribution is -0.140. The van der Waals surface area contributed by atoms with Gasteiger partial charge in [0.2, 0.25) is 0 Å². The molecule has 0 heterocycles. The molecule has 0 aliphatic rings. The number of methoxy groups -OCH3 is 1. The molecule has 0 fully saturated rings. The summed E-state index contributed by atoms with van der Waals surface area (Å²) in [6.07, 6.45) is 4.75. The number of ether oxygens (including phenoxy) is 1. The minimum absolute atomic E-state index is 0.125. The summed E-state index contributed by atoms with van der Waals surface area (Å²) in [5.74, 6) is -0.125. The molecule has 98 valence electrons. The minimum atomic E-state index is -1.41. The van der Waals surface area contributed by atoms with Crippen molar-refractivity contribution in [3.63, 3.8) is 0 Å². The average Bonchev–Trinajstić information content (AvgIpc) is 2.34. The maximum atomic E-state index is 11.4. The molecule has 0 aliphatic carbocycles. The lowest BCUT2D eigenvalue weighted by Crippen LogP contribution is -2.28. The van der Waals surface area contributed by atoms with E-state index < -0.39 is 8.07 Å². The molecule has 18 heavy (non-hydrogen) atoms. The summed E-state index contributed by atoms with van der Waals surface area (Å²) in [6, 6.07) is 10.2. The molecule has 1 aromatic rings. The van der Waals surface area contributed by atoms with Gasteiger partial charge in [-0.1, -0.05) is 62.1 Å². The second-order valence-electron chi connectivity index (χ2n) is 5.52. The monoisotopic (exact) mass is 262 g/mol. The van der Waals surface area contributed by atoms with Gasteiger partial charge in [-0.25, -0.2) is 0 Å². The summed E-state index contributed by atoms with van der Waals surface area (Å²) >= 11 is 0. The van der Waals surface area contributed by atoms with Crippen molar-refractivity contribution in [2.24, 2.45) is 0 Å². The standard InChI is InChI=1S/C15H22O2Si/c1-17-15(16)12-14(18(2,3)4)11-10-13-8-6-5-7-9-13/h5-11,14H,12H2,1-4H3/b11-10+. The Kier molecular flexibility index (Phi) is 5.35. The first-order chi connectivity index (χ1) is 8.43. The van der Waals surface area contributed by atoms with Crippen LogP contribution in [-0.4, -0.2) is 21.2 Å². The van der Waals surface area contributed by atoms with Gasteiger partial charge < -0.3 is 4.74 Å². The van der Waals surface area contributed by atoms with E-state index in [4.69, 9.17) is 4.74 Å². The van der Waals surface area contributed by atoms with E-state index in [0.29, 0.717) is 12.0 Å². The van der Waals surface area contributed by atoms with Crippen LogP contribution in [0.4, 0.5) is 0 Å². The van der Waals surface area contributed by atoms with Crippen molar-refractivity contribution in [3.8, 4) is 0 Å². The molecule has 0 aromatic heterocycles. The molecule has 0 N–H and O–H groups in total. The Balaban J connectivity index is 2.79. The summed E-state index contributed by atoms with van der Waals surface area (Å²) in [5.41, 5.74) is 1.48. The second-order valence-corrected chi connectivity index (χ2v) is 11.0. The highest BCUT2D eigenvalue weighted by atomic mass is 28.3. The van der Waals surface area contributed by atoms with Gasteiger partial charge in [0, 0.05) is 6.42 Å². The van der Waals surface area contributed by atoms with Gasteiger partial charge in [0.1, 0.15) is 0 Å². The molecule has 1 unspecified atom stereocenters. The number of carbonyl (C=O) groups is 1. The molecule has 0 radical (unpaired) electrons. The van der Waals surface area contributed by atoms with Crippen molar-refractivity contribution in [3.05, 3.63) is 42.0 Å². The van der Waals surface area contributed by atoms with E-state index in [0.717, 1.165) is 0 Å². The van der Waals surface area contributed by atoms with Crippen LogP contribution in [0.5, 0.6) is 0 Å². The van der Waals surface area contributed by atoms with Crippen molar-refractivity contribution in [2.45, 2.75) is 31.6 Å². The number of allylic oxidation sites excluding steroid dienone is 1. The Labute approximate surface area is 111 Å². The molecule has 0 aliphatic heterocycles. The Morgan fingerprint density at radius 2 is 1.89 bits per heavy atom. The molecule has 0 saturated carbocycles. The van der Waals surface area contributed by atoms with Crippen molar-refractivity contribution in [2.75, 3.05) is 7.11 Å². The van der Waals surface area contributed by atoms with Crippen molar-refractivity contribution >= 4 is 20.1 Å². The van der Waals surface area contributed by atoms with Crippen LogP contribution >= 0.6 is 0 Å². The predicted octanol–water partition coefficient (Wildman–Crippen LogP) is 3.97. The van der Waals surface area contributed by atoms with E-state index in [2.05, 4.69) is 43.9 Å². The number of esters is 1. The summed E-state index contributed by atoms with van der Waals surface area (Å²) in [4.78, 5) is 11.4. The molecule has 2 nitrogen and oxygen atoms in total. The third-order valence-electron chi connectivity index (χ3n) is 3.05. The molecule has 0 amide bonds. The van der Waals surface area contributed by atoms with E-state index in [9.17, 15) is 4.79 Å². The van der Waals surface area contributed by atoms with Crippen molar-refractivity contribution in [1.82, 2.24) is 0 Å². The SMILES string of the molecule is COC(=O)CC(/C=C/c1ccccc1)[Si](C)(C)C. The largest absolute Gasteiger partial charge is 0.469 e. The summed E-state index contributed by atoms with van der Waals surface area (Å²) in [7, 11) is 0.0417. The Hall–Kier alpha value is -1.35. The quantitative estimate of drug-likeness (QED) is 0.593. The zero-order chi connectivity index (χ0) is 13.6. The second kappa shape index (κ2) is 6.54. The van der Waals surface area contributed by atoms with Gasteiger partial charge >= 0.3 is 5.97 Å². The Bertz CT molecular complexity index is 404. The van der Waals surface area contributed by atoms with Crippen LogP contribution in [0, 0.1) is 0 Å². The number of benzene rings is 1. The van der Waals surface area contributed by atoms with Crippen LogP contribution in [0.2, 0.25) is 25.2 Å². The molecular weight excluding hydrogens is 240 g/mol. The van der Waals surface area contributed by atoms with Gasteiger partial charge in [-0.2, -0.15) is 0 Å². The average molecular weight is 262 g/mol. The van der Waals surface area contributed by atoms with Crippen LogP contribution in [0.15, 0.2) is 36.4 Å². The normalized spacial score (nSPS) is 13.6. The third kappa shape index (κ3) is 4.88. The predicted molar refractivity (Wildman–Crippen MR) is 79.2 cm³/mol. The molecule has 0 bridgehead atoms. The van der Waals surface area contributed by atoms with Crippen LogP contribution < -0.4 is 0 Å². The first-order valence-electron chi connectivity index (χ1n) is 6.23. The van der Waals surface area contributed by atoms with Crippen molar-refractivity contribution in [1.29, 1.82) is 0 Å². The van der Waals surface area contributed by atoms with Crippen LogP contribution in [0.1, 0.15) is 12.0 Å². The lowest BCUT2D eigenvalue weighted by Gasteiger charge is -2.25. The summed E-state index contributed by atoms with van der Waals surface area (Å²) < 4.78 is 4.78. The first kappa shape index (κ1) is 14.7. The van der Waals surface area contributed by atoms with Gasteiger partial charge in [-0.05, 0) is 11.1 Å². The molecule has 3 heteroatoms. The van der Waals surface area contributed by atoms with Gasteiger partial charge in [-0.15, -0.1) is 0 Å². The van der Waals surface area contributed by atoms with E-state index >= 15 is 0 Å². The number of rotatable bonds is 5. The number of carbonyl (C=O) groups excluding carboxylic acids is 1. The van der Waals surface area contributed by atoms with Gasteiger partial charge in [0.05, 0.1) is 15.2 Å². The number of hydrogen-bond donors (Lipinski definition) is 0. The fraction of sp³-hybridized carbons (Fsp3) is 0.400. The molecule has 0 spiro atoms. The highest BCUT2D eigenvalue weighted by Gasteiger charge is 2.26. The fourth-order valence-corrected chi connectivity index (χ4v) is 3.17. The van der Waals surface area contributed by atoms with E-state index in [-0.39, 0.29) is 5.97 Å². The van der Waals surface area contributed by atoms with Crippen LogP contribution in [0.3, 0.4) is 0 Å². The molecule has 1 rings (SSSR count). The highest BCUT2D eigenvalue weighted by molar-refractivity contribution is 6.78. The summed E-state index contributed by atoms with van der Waals surface area (Å²) in [5, 5.41) is 0. The van der Waals surface area contributed by atoms with Crippen LogP contribution in [0.25, 0.3) is 6.08 Å². The maximum Gasteiger partial charge on any atom is 0.305 e.